The summed E-state index contributed by atoms with van der Waals surface area (Å²) in [5.41, 5.74) is 1.51. The Morgan fingerprint density at radius 2 is 1.92 bits per heavy atom. The molecule has 0 aliphatic heterocycles. The van der Waals surface area contributed by atoms with Crippen molar-refractivity contribution < 1.29 is 14.7 Å². The first kappa shape index (κ1) is 16.4. The molecule has 0 aliphatic carbocycles. The molecule has 120 valence electrons. The van der Waals surface area contributed by atoms with Crippen LogP contribution in [-0.4, -0.2) is 22.0 Å². The van der Waals surface area contributed by atoms with Gasteiger partial charge in [0.15, 0.2) is 0 Å². The van der Waals surface area contributed by atoms with Crippen LogP contribution in [0, 0.1) is 0 Å². The lowest BCUT2D eigenvalue weighted by Crippen LogP contribution is -2.14. The highest BCUT2D eigenvalue weighted by Gasteiger charge is 2.21. The number of pyridine rings is 1. The molecule has 2 aromatic heterocycles. The van der Waals surface area contributed by atoms with Crippen LogP contribution in [0.1, 0.15) is 20.7 Å². The molecule has 1 amide bonds. The van der Waals surface area contributed by atoms with Crippen LogP contribution in [-0.2, 0) is 0 Å². The maximum Gasteiger partial charge on any atom is 0.339 e. The van der Waals surface area contributed by atoms with E-state index in [-0.39, 0.29) is 11.3 Å². The second-order valence-corrected chi connectivity index (χ2v) is 6.66. The minimum Gasteiger partial charge on any atom is -0.478 e. The number of amides is 1. The van der Waals surface area contributed by atoms with Gasteiger partial charge in [0, 0.05) is 22.2 Å². The fraction of sp³-hybridized carbons (Fsp3) is 0. The van der Waals surface area contributed by atoms with E-state index in [0.29, 0.717) is 10.4 Å². The van der Waals surface area contributed by atoms with Crippen LogP contribution in [0.2, 0.25) is 0 Å². The van der Waals surface area contributed by atoms with Crippen molar-refractivity contribution in [3.63, 3.8) is 0 Å². The molecule has 0 saturated carbocycles. The van der Waals surface area contributed by atoms with Crippen molar-refractivity contribution in [2.75, 3.05) is 5.32 Å². The van der Waals surface area contributed by atoms with Crippen LogP contribution >= 0.6 is 27.3 Å². The van der Waals surface area contributed by atoms with Crippen molar-refractivity contribution in [1.29, 1.82) is 0 Å². The Hall–Kier alpha value is -2.51. The fourth-order valence-corrected chi connectivity index (χ4v) is 3.43. The van der Waals surface area contributed by atoms with Gasteiger partial charge in [0.05, 0.1) is 16.1 Å². The van der Waals surface area contributed by atoms with E-state index in [0.717, 1.165) is 10.0 Å². The summed E-state index contributed by atoms with van der Waals surface area (Å²) in [5.74, 6) is -1.48. The third kappa shape index (κ3) is 3.37. The van der Waals surface area contributed by atoms with Gasteiger partial charge in [0.2, 0.25) is 0 Å². The number of thiophene rings is 1. The number of carbonyl (C=O) groups is 2. The largest absolute Gasteiger partial charge is 0.478 e. The predicted octanol–water partition coefficient (Wildman–Crippen LogP) is 4.52. The molecular formula is C17H11BrN2O3S. The molecule has 24 heavy (non-hydrogen) atoms. The zero-order valence-electron chi connectivity index (χ0n) is 12.2. The number of anilines is 1. The fourth-order valence-electron chi connectivity index (χ4n) is 2.17. The molecule has 0 atom stereocenters. The van der Waals surface area contributed by atoms with E-state index in [1.54, 1.807) is 23.7 Å². The van der Waals surface area contributed by atoms with Gasteiger partial charge in [0.1, 0.15) is 5.56 Å². The van der Waals surface area contributed by atoms with E-state index in [4.69, 9.17) is 0 Å². The molecule has 2 N–H and O–H groups in total. The number of carboxylic acids is 1. The molecule has 0 aliphatic rings. The lowest BCUT2D eigenvalue weighted by Gasteiger charge is -2.06. The van der Waals surface area contributed by atoms with E-state index >= 15 is 0 Å². The van der Waals surface area contributed by atoms with E-state index in [1.165, 1.54) is 17.5 Å². The van der Waals surface area contributed by atoms with Crippen molar-refractivity contribution >= 4 is 44.8 Å². The average molecular weight is 403 g/mol. The molecule has 0 fully saturated rings. The van der Waals surface area contributed by atoms with Crippen molar-refractivity contribution in [3.05, 3.63) is 69.8 Å². The maximum absolute atomic E-state index is 12.2. The Morgan fingerprint density at radius 1 is 1.17 bits per heavy atom. The molecular weight excluding hydrogens is 392 g/mol. The van der Waals surface area contributed by atoms with E-state index in [1.807, 2.05) is 24.3 Å². The minimum absolute atomic E-state index is 0.0829. The van der Waals surface area contributed by atoms with Crippen LogP contribution in [0.5, 0.6) is 0 Å². The molecule has 0 unspecified atom stereocenters. The van der Waals surface area contributed by atoms with Gasteiger partial charge < -0.3 is 10.4 Å². The predicted molar refractivity (Wildman–Crippen MR) is 96.6 cm³/mol. The Kier molecular flexibility index (Phi) is 4.73. The zero-order valence-corrected chi connectivity index (χ0v) is 14.6. The Labute approximate surface area is 150 Å². The standard InChI is InChI=1S/C17H11BrN2O3S/c18-12-5-3-10(4-6-12)15-14(17(22)23)13(9-24-15)20-16(21)11-2-1-7-19-8-11/h1-9H,(H,20,21)(H,22,23). The van der Waals surface area contributed by atoms with E-state index in [2.05, 4.69) is 26.2 Å². The summed E-state index contributed by atoms with van der Waals surface area (Å²) in [5, 5.41) is 13.9. The second kappa shape index (κ2) is 6.94. The number of aromatic nitrogens is 1. The summed E-state index contributed by atoms with van der Waals surface area (Å²) in [7, 11) is 0. The summed E-state index contributed by atoms with van der Waals surface area (Å²) in [6, 6.07) is 10.6. The highest BCUT2D eigenvalue weighted by atomic mass is 79.9. The molecule has 3 aromatic rings. The zero-order chi connectivity index (χ0) is 17.1. The third-order valence-electron chi connectivity index (χ3n) is 3.28. The van der Waals surface area contributed by atoms with Crippen LogP contribution in [0.3, 0.4) is 0 Å². The SMILES string of the molecule is O=C(Nc1csc(-c2ccc(Br)cc2)c1C(=O)O)c1cccnc1. The molecule has 0 radical (unpaired) electrons. The second-order valence-electron chi connectivity index (χ2n) is 4.86. The number of nitrogens with zero attached hydrogens (tertiary/aromatic N) is 1. The van der Waals surface area contributed by atoms with Gasteiger partial charge in [-0.15, -0.1) is 11.3 Å². The number of halogens is 1. The smallest absolute Gasteiger partial charge is 0.339 e. The molecule has 3 rings (SSSR count). The van der Waals surface area contributed by atoms with Crippen LogP contribution in [0.15, 0.2) is 58.6 Å². The first-order valence-electron chi connectivity index (χ1n) is 6.88. The number of hydrogen-bond acceptors (Lipinski definition) is 4. The quantitative estimate of drug-likeness (QED) is 0.671. The lowest BCUT2D eigenvalue weighted by molar-refractivity contribution is 0.0699. The monoisotopic (exact) mass is 402 g/mol. The third-order valence-corrected chi connectivity index (χ3v) is 4.84. The summed E-state index contributed by atoms with van der Waals surface area (Å²) < 4.78 is 0.907. The first-order chi connectivity index (χ1) is 11.6. The summed E-state index contributed by atoms with van der Waals surface area (Å²) in [6.45, 7) is 0. The van der Waals surface area contributed by atoms with Crippen molar-refractivity contribution in [2.24, 2.45) is 0 Å². The van der Waals surface area contributed by atoms with Crippen LogP contribution in [0.25, 0.3) is 10.4 Å². The maximum atomic E-state index is 12.2. The van der Waals surface area contributed by atoms with Gasteiger partial charge in [-0.25, -0.2) is 4.79 Å². The normalized spacial score (nSPS) is 10.4. The summed E-state index contributed by atoms with van der Waals surface area (Å²) in [6.07, 6.45) is 2.99. The van der Waals surface area contributed by atoms with E-state index < -0.39 is 11.9 Å². The van der Waals surface area contributed by atoms with Gasteiger partial charge in [-0.1, -0.05) is 28.1 Å². The highest BCUT2D eigenvalue weighted by Crippen LogP contribution is 2.36. The first-order valence-corrected chi connectivity index (χ1v) is 8.55. The molecule has 5 nitrogen and oxygen atoms in total. The number of hydrogen-bond donors (Lipinski definition) is 2. The summed E-state index contributed by atoms with van der Waals surface area (Å²) >= 11 is 4.63. The Morgan fingerprint density at radius 3 is 2.54 bits per heavy atom. The molecule has 0 saturated heterocycles. The van der Waals surface area contributed by atoms with Crippen molar-refractivity contribution in [3.8, 4) is 10.4 Å². The number of aromatic carboxylic acids is 1. The number of carboxylic acid groups (broad SMARTS) is 1. The van der Waals surface area contributed by atoms with E-state index in [9.17, 15) is 14.7 Å². The molecule has 0 bridgehead atoms. The lowest BCUT2D eigenvalue weighted by atomic mass is 10.1. The topological polar surface area (TPSA) is 79.3 Å². The molecule has 0 spiro atoms. The molecule has 7 heteroatoms. The van der Waals surface area contributed by atoms with Gasteiger partial charge in [0.25, 0.3) is 5.91 Å². The Bertz CT molecular complexity index is 892. The minimum atomic E-state index is -1.09. The number of benzene rings is 1. The Balaban J connectivity index is 1.96. The van der Waals surface area contributed by atoms with Gasteiger partial charge in [-0.05, 0) is 29.8 Å². The van der Waals surface area contributed by atoms with Gasteiger partial charge in [-0.3, -0.25) is 9.78 Å². The average Bonchev–Trinajstić information content (AvgIpc) is 3.00. The number of carbonyl (C=O) groups excluding carboxylic acids is 1. The molecule has 2 heterocycles. The van der Waals surface area contributed by atoms with Gasteiger partial charge in [-0.2, -0.15) is 0 Å². The van der Waals surface area contributed by atoms with Crippen molar-refractivity contribution in [1.82, 2.24) is 4.98 Å². The molecule has 1 aromatic carbocycles. The van der Waals surface area contributed by atoms with Crippen LogP contribution in [0.4, 0.5) is 5.69 Å². The van der Waals surface area contributed by atoms with Crippen LogP contribution < -0.4 is 5.32 Å². The van der Waals surface area contributed by atoms with Crippen molar-refractivity contribution in [2.45, 2.75) is 0 Å². The number of rotatable bonds is 4. The highest BCUT2D eigenvalue weighted by molar-refractivity contribution is 9.10. The number of nitrogens with one attached hydrogen (secondary N) is 1. The van der Waals surface area contributed by atoms with Gasteiger partial charge >= 0.3 is 5.97 Å². The summed E-state index contributed by atoms with van der Waals surface area (Å²) in [4.78, 5) is 28.4.